The zero-order chi connectivity index (χ0) is 13.9. The standard InChI is InChI=1S/C17H20N2O/c18-12-16(20)17(14-7-2-1-3-8-14)19-11-10-13-6-4-5-9-15(13)19/h1-9,16-17,20H,10-12,18H2. The van der Waals surface area contributed by atoms with Crippen LogP contribution in [0, 0.1) is 0 Å². The lowest BCUT2D eigenvalue weighted by molar-refractivity contribution is 0.149. The Morgan fingerprint density at radius 1 is 1.05 bits per heavy atom. The normalized spacial score (nSPS) is 16.8. The van der Waals surface area contributed by atoms with E-state index in [9.17, 15) is 5.11 Å². The molecule has 3 nitrogen and oxygen atoms in total. The second-order valence-corrected chi connectivity index (χ2v) is 5.23. The van der Waals surface area contributed by atoms with Crippen molar-refractivity contribution < 1.29 is 5.11 Å². The van der Waals surface area contributed by atoms with E-state index >= 15 is 0 Å². The predicted molar refractivity (Wildman–Crippen MR) is 81.7 cm³/mol. The second-order valence-electron chi connectivity index (χ2n) is 5.23. The van der Waals surface area contributed by atoms with Gasteiger partial charge in [-0.25, -0.2) is 0 Å². The SMILES string of the molecule is NCC(O)C(c1ccccc1)N1CCc2ccccc21. The number of para-hydroxylation sites is 1. The number of hydrogen-bond acceptors (Lipinski definition) is 3. The average Bonchev–Trinajstić information content (AvgIpc) is 2.92. The maximum atomic E-state index is 10.4. The molecule has 0 bridgehead atoms. The summed E-state index contributed by atoms with van der Waals surface area (Å²) >= 11 is 0. The zero-order valence-electron chi connectivity index (χ0n) is 11.4. The Bertz CT molecular complexity index is 570. The lowest BCUT2D eigenvalue weighted by Gasteiger charge is -2.34. The van der Waals surface area contributed by atoms with Crippen molar-refractivity contribution in [3.63, 3.8) is 0 Å². The summed E-state index contributed by atoms with van der Waals surface area (Å²) in [4.78, 5) is 2.28. The summed E-state index contributed by atoms with van der Waals surface area (Å²) in [5.74, 6) is 0. The number of benzene rings is 2. The number of nitrogens with zero attached hydrogens (tertiary/aromatic N) is 1. The molecule has 3 heteroatoms. The van der Waals surface area contributed by atoms with Gasteiger partial charge >= 0.3 is 0 Å². The monoisotopic (exact) mass is 268 g/mol. The van der Waals surface area contributed by atoms with Gasteiger partial charge in [0.25, 0.3) is 0 Å². The predicted octanol–water partition coefficient (Wildman–Crippen LogP) is 2.11. The Morgan fingerprint density at radius 3 is 2.50 bits per heavy atom. The van der Waals surface area contributed by atoms with Crippen LogP contribution in [-0.4, -0.2) is 24.3 Å². The summed E-state index contributed by atoms with van der Waals surface area (Å²) < 4.78 is 0. The first-order valence-corrected chi connectivity index (χ1v) is 7.09. The largest absolute Gasteiger partial charge is 0.389 e. The van der Waals surface area contributed by atoms with Gasteiger partial charge in [-0.05, 0) is 23.6 Å². The molecule has 0 aromatic heterocycles. The first-order valence-electron chi connectivity index (χ1n) is 7.09. The topological polar surface area (TPSA) is 49.5 Å². The van der Waals surface area contributed by atoms with Crippen LogP contribution in [0.3, 0.4) is 0 Å². The minimum atomic E-state index is -0.566. The van der Waals surface area contributed by atoms with Crippen molar-refractivity contribution in [1.82, 2.24) is 0 Å². The zero-order valence-corrected chi connectivity index (χ0v) is 11.4. The molecule has 20 heavy (non-hydrogen) atoms. The molecule has 0 saturated heterocycles. The molecule has 2 aromatic rings. The van der Waals surface area contributed by atoms with Gasteiger partial charge in [0.2, 0.25) is 0 Å². The molecule has 3 N–H and O–H groups in total. The summed E-state index contributed by atoms with van der Waals surface area (Å²) in [5.41, 5.74) is 9.40. The number of aliphatic hydroxyl groups excluding tert-OH is 1. The summed E-state index contributed by atoms with van der Waals surface area (Å²) in [5, 5.41) is 10.4. The molecule has 0 fully saturated rings. The van der Waals surface area contributed by atoms with Crippen molar-refractivity contribution in [1.29, 1.82) is 0 Å². The van der Waals surface area contributed by atoms with Crippen LogP contribution < -0.4 is 10.6 Å². The highest BCUT2D eigenvalue weighted by Gasteiger charge is 2.31. The fourth-order valence-electron chi connectivity index (χ4n) is 3.04. The Kier molecular flexibility index (Phi) is 3.72. The molecular formula is C17H20N2O. The maximum Gasteiger partial charge on any atom is 0.0907 e. The molecule has 104 valence electrons. The fourth-order valence-corrected chi connectivity index (χ4v) is 3.04. The van der Waals surface area contributed by atoms with Crippen molar-refractivity contribution in [2.24, 2.45) is 5.73 Å². The summed E-state index contributed by atoms with van der Waals surface area (Å²) in [7, 11) is 0. The van der Waals surface area contributed by atoms with E-state index < -0.39 is 6.10 Å². The molecule has 0 radical (unpaired) electrons. The minimum absolute atomic E-state index is 0.0788. The lowest BCUT2D eigenvalue weighted by atomic mass is 9.99. The molecule has 1 aliphatic rings. The van der Waals surface area contributed by atoms with Gasteiger partial charge < -0.3 is 15.7 Å². The summed E-state index contributed by atoms with van der Waals surface area (Å²) in [6.07, 6.45) is 0.458. The smallest absolute Gasteiger partial charge is 0.0907 e. The van der Waals surface area contributed by atoms with E-state index in [2.05, 4.69) is 35.2 Å². The first kappa shape index (κ1) is 13.2. The Morgan fingerprint density at radius 2 is 1.75 bits per heavy atom. The van der Waals surface area contributed by atoms with Crippen molar-refractivity contribution in [2.75, 3.05) is 18.0 Å². The lowest BCUT2D eigenvalue weighted by Crippen LogP contribution is -2.39. The van der Waals surface area contributed by atoms with Crippen LogP contribution >= 0.6 is 0 Å². The van der Waals surface area contributed by atoms with Gasteiger partial charge in [0, 0.05) is 18.8 Å². The fraction of sp³-hybridized carbons (Fsp3) is 0.294. The van der Waals surface area contributed by atoms with Crippen LogP contribution in [0.4, 0.5) is 5.69 Å². The van der Waals surface area contributed by atoms with Crippen LogP contribution in [0.2, 0.25) is 0 Å². The van der Waals surface area contributed by atoms with E-state index in [1.54, 1.807) is 0 Å². The van der Waals surface area contributed by atoms with E-state index in [0.717, 1.165) is 18.5 Å². The number of anilines is 1. The number of fused-ring (bicyclic) bond motifs is 1. The molecule has 0 aliphatic carbocycles. The van der Waals surface area contributed by atoms with E-state index in [4.69, 9.17) is 5.73 Å². The van der Waals surface area contributed by atoms with Crippen molar-refractivity contribution in [3.8, 4) is 0 Å². The molecule has 2 unspecified atom stereocenters. The van der Waals surface area contributed by atoms with E-state index in [-0.39, 0.29) is 12.6 Å². The highest BCUT2D eigenvalue weighted by Crippen LogP contribution is 2.36. The van der Waals surface area contributed by atoms with Gasteiger partial charge in [0.05, 0.1) is 12.1 Å². The molecule has 2 atom stereocenters. The third-order valence-electron chi connectivity index (χ3n) is 4.01. The van der Waals surface area contributed by atoms with E-state index in [1.807, 2.05) is 24.3 Å². The summed E-state index contributed by atoms with van der Waals surface area (Å²) in [6.45, 7) is 1.19. The Balaban J connectivity index is 2.00. The summed E-state index contributed by atoms with van der Waals surface area (Å²) in [6, 6.07) is 18.5. The van der Waals surface area contributed by atoms with Gasteiger partial charge in [0.1, 0.15) is 0 Å². The quantitative estimate of drug-likeness (QED) is 0.893. The minimum Gasteiger partial charge on any atom is -0.389 e. The van der Waals surface area contributed by atoms with Gasteiger partial charge in [-0.1, -0.05) is 48.5 Å². The van der Waals surface area contributed by atoms with Crippen molar-refractivity contribution in [3.05, 3.63) is 65.7 Å². The molecular weight excluding hydrogens is 248 g/mol. The number of hydrogen-bond donors (Lipinski definition) is 2. The second kappa shape index (κ2) is 5.65. The molecule has 3 rings (SSSR count). The van der Waals surface area contributed by atoms with E-state index in [1.165, 1.54) is 11.3 Å². The van der Waals surface area contributed by atoms with Crippen LogP contribution in [0.1, 0.15) is 17.2 Å². The number of nitrogens with two attached hydrogens (primary N) is 1. The third-order valence-corrected chi connectivity index (χ3v) is 4.01. The molecule has 0 saturated carbocycles. The average molecular weight is 268 g/mol. The van der Waals surface area contributed by atoms with Crippen molar-refractivity contribution in [2.45, 2.75) is 18.6 Å². The molecule has 1 aliphatic heterocycles. The molecule has 0 spiro atoms. The van der Waals surface area contributed by atoms with Crippen molar-refractivity contribution >= 4 is 5.69 Å². The highest BCUT2D eigenvalue weighted by molar-refractivity contribution is 5.59. The van der Waals surface area contributed by atoms with Crippen LogP contribution in [-0.2, 0) is 6.42 Å². The molecule has 2 aromatic carbocycles. The van der Waals surface area contributed by atoms with Gasteiger partial charge in [0.15, 0.2) is 0 Å². The number of aliphatic hydroxyl groups is 1. The van der Waals surface area contributed by atoms with E-state index in [0.29, 0.717) is 0 Å². The molecule has 1 heterocycles. The van der Waals surface area contributed by atoms with Gasteiger partial charge in [-0.3, -0.25) is 0 Å². The molecule has 0 amide bonds. The highest BCUT2D eigenvalue weighted by atomic mass is 16.3. The van der Waals surface area contributed by atoms with Gasteiger partial charge in [-0.2, -0.15) is 0 Å². The van der Waals surface area contributed by atoms with Crippen LogP contribution in [0.5, 0.6) is 0 Å². The number of rotatable bonds is 4. The Hall–Kier alpha value is -1.84. The van der Waals surface area contributed by atoms with Crippen LogP contribution in [0.15, 0.2) is 54.6 Å². The maximum absolute atomic E-state index is 10.4. The first-order chi connectivity index (χ1) is 9.81. The third kappa shape index (κ3) is 2.30. The Labute approximate surface area is 119 Å². The van der Waals surface area contributed by atoms with Crippen LogP contribution in [0.25, 0.3) is 0 Å². The van der Waals surface area contributed by atoms with Gasteiger partial charge in [-0.15, -0.1) is 0 Å².